The maximum absolute atomic E-state index is 5.86. The van der Waals surface area contributed by atoms with E-state index in [4.69, 9.17) is 5.73 Å². The minimum atomic E-state index is 0.294. The normalized spacial score (nSPS) is 18.3. The van der Waals surface area contributed by atoms with Gasteiger partial charge in [-0.1, -0.05) is 15.9 Å². The summed E-state index contributed by atoms with van der Waals surface area (Å²) in [5.41, 5.74) is 8.01. The highest BCUT2D eigenvalue weighted by molar-refractivity contribution is 9.10. The van der Waals surface area contributed by atoms with Crippen LogP contribution in [-0.4, -0.2) is 5.54 Å². The Morgan fingerprint density at radius 2 is 2.15 bits per heavy atom. The molecular formula is C10H13BrN2. The monoisotopic (exact) mass is 240 g/mol. The van der Waals surface area contributed by atoms with E-state index in [0.717, 1.165) is 15.8 Å². The van der Waals surface area contributed by atoms with Gasteiger partial charge in [-0.15, -0.1) is 0 Å². The molecule has 70 valence electrons. The summed E-state index contributed by atoms with van der Waals surface area (Å²) in [5, 5.41) is 3.44. The Morgan fingerprint density at radius 3 is 2.69 bits per heavy atom. The molecular weight excluding hydrogens is 228 g/mol. The van der Waals surface area contributed by atoms with Gasteiger partial charge in [-0.05, 0) is 38.0 Å². The quantitative estimate of drug-likeness (QED) is 0.781. The zero-order chi connectivity index (χ0) is 9.47. The predicted molar refractivity (Wildman–Crippen MR) is 59.8 cm³/mol. The summed E-state index contributed by atoms with van der Waals surface area (Å²) in [5.74, 6) is 0. The lowest BCUT2D eigenvalue weighted by Crippen LogP contribution is -2.16. The fraction of sp³-hybridized carbons (Fsp3) is 0.400. The van der Waals surface area contributed by atoms with Crippen molar-refractivity contribution in [3.8, 4) is 0 Å². The second kappa shape index (κ2) is 2.91. The van der Waals surface area contributed by atoms with Crippen LogP contribution in [0, 0.1) is 0 Å². The lowest BCUT2D eigenvalue weighted by Gasteiger charge is -2.15. The zero-order valence-electron chi connectivity index (χ0n) is 7.60. The molecule has 1 aliphatic rings. The van der Waals surface area contributed by atoms with Crippen molar-refractivity contribution in [2.24, 2.45) is 0 Å². The first kappa shape index (κ1) is 8.88. The predicted octanol–water partition coefficient (Wildman–Crippen LogP) is 3.00. The molecule has 2 nitrogen and oxygen atoms in total. The number of benzene rings is 1. The SMILES string of the molecule is CC1(Nc2ccc(Br)cc2N)CC1. The molecule has 0 bridgehead atoms. The molecule has 3 N–H and O–H groups in total. The van der Waals surface area contributed by atoms with Crippen LogP contribution in [0.1, 0.15) is 19.8 Å². The van der Waals surface area contributed by atoms with Crippen LogP contribution in [-0.2, 0) is 0 Å². The Kier molecular flexibility index (Phi) is 1.99. The van der Waals surface area contributed by atoms with Crippen molar-refractivity contribution in [2.75, 3.05) is 11.1 Å². The largest absolute Gasteiger partial charge is 0.397 e. The standard InChI is InChI=1S/C10H13BrN2/c1-10(4-5-10)13-9-3-2-7(11)6-8(9)12/h2-3,6,13H,4-5,12H2,1H3. The smallest absolute Gasteiger partial charge is 0.0578 e. The highest BCUT2D eigenvalue weighted by atomic mass is 79.9. The van der Waals surface area contributed by atoms with Gasteiger partial charge in [0.15, 0.2) is 0 Å². The Labute approximate surface area is 86.6 Å². The number of anilines is 2. The van der Waals surface area contributed by atoms with Gasteiger partial charge in [0.05, 0.1) is 11.4 Å². The van der Waals surface area contributed by atoms with Crippen LogP contribution < -0.4 is 11.1 Å². The Bertz CT molecular complexity index is 332. The third-order valence-corrected chi connectivity index (χ3v) is 2.94. The van der Waals surface area contributed by atoms with E-state index in [0.29, 0.717) is 5.54 Å². The van der Waals surface area contributed by atoms with Gasteiger partial charge in [0.2, 0.25) is 0 Å². The van der Waals surface area contributed by atoms with Gasteiger partial charge in [0, 0.05) is 10.0 Å². The van der Waals surface area contributed by atoms with E-state index in [1.165, 1.54) is 12.8 Å². The second-order valence-corrected chi connectivity index (χ2v) is 4.83. The maximum Gasteiger partial charge on any atom is 0.0578 e. The fourth-order valence-corrected chi connectivity index (χ4v) is 1.66. The molecule has 0 heterocycles. The first-order chi connectivity index (χ1) is 6.09. The third kappa shape index (κ3) is 1.97. The summed E-state index contributed by atoms with van der Waals surface area (Å²) >= 11 is 3.38. The Hall–Kier alpha value is -0.700. The molecule has 2 rings (SSSR count). The maximum atomic E-state index is 5.86. The number of halogens is 1. The van der Waals surface area contributed by atoms with Crippen LogP contribution in [0.4, 0.5) is 11.4 Å². The van der Waals surface area contributed by atoms with Crippen LogP contribution in [0.2, 0.25) is 0 Å². The first-order valence-electron chi connectivity index (χ1n) is 4.42. The summed E-state index contributed by atoms with van der Waals surface area (Å²) in [6.45, 7) is 2.22. The van der Waals surface area contributed by atoms with Crippen molar-refractivity contribution in [2.45, 2.75) is 25.3 Å². The average molecular weight is 241 g/mol. The van der Waals surface area contributed by atoms with Gasteiger partial charge in [0.25, 0.3) is 0 Å². The van der Waals surface area contributed by atoms with E-state index in [-0.39, 0.29) is 0 Å². The molecule has 0 saturated heterocycles. The Morgan fingerprint density at radius 1 is 1.46 bits per heavy atom. The molecule has 0 amide bonds. The number of hydrogen-bond acceptors (Lipinski definition) is 2. The Balaban J connectivity index is 2.20. The minimum Gasteiger partial charge on any atom is -0.397 e. The van der Waals surface area contributed by atoms with Gasteiger partial charge in [-0.3, -0.25) is 0 Å². The van der Waals surface area contributed by atoms with Gasteiger partial charge in [-0.25, -0.2) is 0 Å². The van der Waals surface area contributed by atoms with Crippen LogP contribution in [0.25, 0.3) is 0 Å². The van der Waals surface area contributed by atoms with Gasteiger partial charge >= 0.3 is 0 Å². The van der Waals surface area contributed by atoms with Crippen molar-refractivity contribution in [3.05, 3.63) is 22.7 Å². The van der Waals surface area contributed by atoms with Crippen LogP contribution in [0.3, 0.4) is 0 Å². The zero-order valence-corrected chi connectivity index (χ0v) is 9.19. The lowest BCUT2D eigenvalue weighted by atomic mass is 10.2. The number of nitrogens with one attached hydrogen (secondary N) is 1. The third-order valence-electron chi connectivity index (χ3n) is 2.45. The highest BCUT2D eigenvalue weighted by Crippen LogP contribution is 2.39. The summed E-state index contributed by atoms with van der Waals surface area (Å²) in [4.78, 5) is 0. The number of hydrogen-bond donors (Lipinski definition) is 2. The summed E-state index contributed by atoms with van der Waals surface area (Å²) in [6.07, 6.45) is 2.48. The molecule has 1 fully saturated rings. The van der Waals surface area contributed by atoms with E-state index in [1.807, 2.05) is 18.2 Å². The topological polar surface area (TPSA) is 38.0 Å². The van der Waals surface area contributed by atoms with E-state index < -0.39 is 0 Å². The molecule has 0 aliphatic heterocycles. The molecule has 1 aromatic carbocycles. The molecule has 13 heavy (non-hydrogen) atoms. The van der Waals surface area contributed by atoms with Crippen LogP contribution in [0.5, 0.6) is 0 Å². The fourth-order valence-electron chi connectivity index (χ4n) is 1.29. The number of nitrogen functional groups attached to an aromatic ring is 1. The van der Waals surface area contributed by atoms with Crippen molar-refractivity contribution in [1.29, 1.82) is 0 Å². The average Bonchev–Trinajstić information content (AvgIpc) is 2.75. The summed E-state index contributed by atoms with van der Waals surface area (Å²) in [6, 6.07) is 5.95. The van der Waals surface area contributed by atoms with Gasteiger partial charge < -0.3 is 11.1 Å². The van der Waals surface area contributed by atoms with Crippen LogP contribution in [0.15, 0.2) is 22.7 Å². The highest BCUT2D eigenvalue weighted by Gasteiger charge is 2.37. The van der Waals surface area contributed by atoms with Crippen LogP contribution >= 0.6 is 15.9 Å². The molecule has 3 heteroatoms. The molecule has 0 unspecified atom stereocenters. The molecule has 0 spiro atoms. The summed E-state index contributed by atoms with van der Waals surface area (Å²) < 4.78 is 1.02. The van der Waals surface area contributed by atoms with Crippen molar-refractivity contribution in [3.63, 3.8) is 0 Å². The van der Waals surface area contributed by atoms with Crippen molar-refractivity contribution in [1.82, 2.24) is 0 Å². The first-order valence-corrected chi connectivity index (χ1v) is 5.22. The van der Waals surface area contributed by atoms with E-state index in [1.54, 1.807) is 0 Å². The number of nitrogens with two attached hydrogens (primary N) is 1. The summed E-state index contributed by atoms with van der Waals surface area (Å²) in [7, 11) is 0. The molecule has 0 atom stereocenters. The van der Waals surface area contributed by atoms with E-state index in [2.05, 4.69) is 28.2 Å². The van der Waals surface area contributed by atoms with Gasteiger partial charge in [0.1, 0.15) is 0 Å². The molecule has 1 aliphatic carbocycles. The van der Waals surface area contributed by atoms with Gasteiger partial charge in [-0.2, -0.15) is 0 Å². The minimum absolute atomic E-state index is 0.294. The molecule has 0 radical (unpaired) electrons. The number of rotatable bonds is 2. The molecule has 1 saturated carbocycles. The molecule has 0 aromatic heterocycles. The lowest BCUT2D eigenvalue weighted by molar-refractivity contribution is 0.830. The molecule has 1 aromatic rings. The van der Waals surface area contributed by atoms with E-state index in [9.17, 15) is 0 Å². The van der Waals surface area contributed by atoms with Crippen molar-refractivity contribution < 1.29 is 0 Å². The van der Waals surface area contributed by atoms with E-state index >= 15 is 0 Å². The van der Waals surface area contributed by atoms with Crippen molar-refractivity contribution >= 4 is 27.3 Å². The second-order valence-electron chi connectivity index (χ2n) is 3.92.